The van der Waals surface area contributed by atoms with Gasteiger partial charge in [0.05, 0.1) is 17.8 Å². The molecule has 5 heterocycles. The fourth-order valence-electron chi connectivity index (χ4n) is 6.84. The van der Waals surface area contributed by atoms with E-state index in [-0.39, 0.29) is 59.2 Å². The van der Waals surface area contributed by atoms with Crippen molar-refractivity contribution in [3.8, 4) is 0 Å². The number of carbonyl (C=O) groups is 3. The quantitative estimate of drug-likeness (QED) is 0.140. The van der Waals surface area contributed by atoms with E-state index in [1.807, 2.05) is 52.8 Å². The molecule has 1 radical (unpaired) electrons. The number of carboxylic acids is 2. The summed E-state index contributed by atoms with van der Waals surface area (Å²) in [6.45, 7) is 16.3. The molecule has 11 heteroatoms. The molecule has 3 aromatic heterocycles. The standard InChI is InChI=1S/C38H45N5O5.Cu/c1-8-11-14-39-33(44)15-26-36-25(12-13-34(45)46)21(6)29(42-36)16-27-19(4)23(9-2)31(40-27)17-28-20(5)24(10-3)32(41-28)18-30-22(7)35(38(47)48)37(26)43-30;/h9,16-18,21,25H,2,8,10-15H2,1,3-7H3,(H5,39,40,41,42,43,44,45,46,47,48);/q;+2/p-2/t21-,25-;/m0./s1. The Balaban J connectivity index is 0.00000541. The van der Waals surface area contributed by atoms with Gasteiger partial charge in [-0.3, -0.25) is 14.6 Å². The molecule has 3 N–H and O–H groups in total. The molecule has 2 atom stereocenters. The molecule has 0 saturated heterocycles. The number of rotatable bonds is 11. The number of aryl methyl sites for hydroxylation is 2. The summed E-state index contributed by atoms with van der Waals surface area (Å²) < 4.78 is 0. The number of aromatic nitrogens is 4. The van der Waals surface area contributed by atoms with E-state index in [4.69, 9.17) is 19.9 Å². The van der Waals surface area contributed by atoms with E-state index < -0.39 is 17.9 Å². The summed E-state index contributed by atoms with van der Waals surface area (Å²) in [6, 6.07) is 5.68. The fraction of sp³-hybridized carbons (Fsp3) is 0.395. The minimum atomic E-state index is -1.17. The maximum Gasteiger partial charge on any atom is 2.00 e. The molecule has 49 heavy (non-hydrogen) atoms. The fourth-order valence-corrected chi connectivity index (χ4v) is 6.84. The summed E-state index contributed by atoms with van der Waals surface area (Å²) in [5, 5.41) is 23.2. The normalized spacial score (nSPS) is 15.6. The number of hydrogen-bond acceptors (Lipinski definition) is 5. The number of hydrogen-bond donors (Lipinski definition) is 3. The molecule has 0 spiro atoms. The number of allylic oxidation sites excluding steroid dienone is 2. The van der Waals surface area contributed by atoms with Crippen molar-refractivity contribution in [1.82, 2.24) is 25.3 Å². The first-order valence-electron chi connectivity index (χ1n) is 16.6. The Hall–Kier alpha value is -4.47. The molecule has 261 valence electrons. The summed E-state index contributed by atoms with van der Waals surface area (Å²) >= 11 is 0. The SMILES string of the molecule is C=Cc1c(C)c2cc3nc(c(CC(=O)NCCCC)c4[n-]c(cc5nc(cc1[n-]2)C(C)=C5CC)c(C)c4C(=O)O)[C@@H](CCC(=O)O)[C@@H]3C.[Cu+2]. The van der Waals surface area contributed by atoms with Crippen LogP contribution in [-0.4, -0.2) is 44.6 Å². The smallest absolute Gasteiger partial charge is 0.657 e. The first-order valence-corrected chi connectivity index (χ1v) is 16.6. The van der Waals surface area contributed by atoms with Gasteiger partial charge in [-0.05, 0) is 62.3 Å². The number of unbranched alkanes of at least 4 members (excludes halogenated alkanes) is 1. The van der Waals surface area contributed by atoms with Crippen LogP contribution in [0.1, 0.15) is 127 Å². The van der Waals surface area contributed by atoms with Crippen LogP contribution in [0, 0.1) is 13.8 Å². The van der Waals surface area contributed by atoms with Crippen LogP contribution in [0.4, 0.5) is 0 Å². The van der Waals surface area contributed by atoms with Crippen LogP contribution < -0.4 is 15.3 Å². The number of aromatic carboxylic acids is 1. The van der Waals surface area contributed by atoms with E-state index in [0.717, 1.165) is 46.3 Å². The maximum absolute atomic E-state index is 13.4. The first-order chi connectivity index (χ1) is 22.9. The van der Waals surface area contributed by atoms with Crippen LogP contribution in [0.25, 0.3) is 39.3 Å². The van der Waals surface area contributed by atoms with Gasteiger partial charge in [-0.15, -0.1) is 22.1 Å². The molecular formula is C38H43CuN5O5. The van der Waals surface area contributed by atoms with E-state index in [1.165, 1.54) is 0 Å². The number of carboxylic acid groups (broad SMARTS) is 2. The average molecular weight is 713 g/mol. The monoisotopic (exact) mass is 712 g/mol. The molecule has 0 saturated carbocycles. The molecule has 5 rings (SSSR count). The van der Waals surface area contributed by atoms with Crippen molar-refractivity contribution in [2.24, 2.45) is 0 Å². The number of nitrogens with zero attached hydrogens (tertiary/aromatic N) is 4. The van der Waals surface area contributed by atoms with E-state index in [0.29, 0.717) is 52.2 Å². The number of amides is 1. The number of aliphatic carboxylic acids is 1. The molecule has 2 aliphatic rings. The second-order valence-corrected chi connectivity index (χ2v) is 12.7. The van der Waals surface area contributed by atoms with E-state index in [9.17, 15) is 24.6 Å². The van der Waals surface area contributed by atoms with Crippen molar-refractivity contribution in [3.05, 3.63) is 75.4 Å². The van der Waals surface area contributed by atoms with Gasteiger partial charge in [-0.1, -0.05) is 69.2 Å². The second kappa shape index (κ2) is 15.4. The molecule has 0 fully saturated rings. The first kappa shape index (κ1) is 37.3. The largest absolute Gasteiger partial charge is 2.00 e. The van der Waals surface area contributed by atoms with Gasteiger partial charge in [0.2, 0.25) is 5.91 Å². The van der Waals surface area contributed by atoms with Crippen LogP contribution >= 0.6 is 0 Å². The van der Waals surface area contributed by atoms with Gasteiger partial charge in [0.25, 0.3) is 0 Å². The van der Waals surface area contributed by atoms with Crippen molar-refractivity contribution < 1.29 is 41.7 Å². The predicted octanol–water partition coefficient (Wildman–Crippen LogP) is 7.08. The molecule has 1 amide bonds. The van der Waals surface area contributed by atoms with Gasteiger partial charge >= 0.3 is 29.0 Å². The van der Waals surface area contributed by atoms with Gasteiger partial charge < -0.3 is 25.5 Å². The van der Waals surface area contributed by atoms with Crippen LogP contribution in [0.2, 0.25) is 0 Å². The van der Waals surface area contributed by atoms with Gasteiger partial charge in [-0.25, -0.2) is 9.78 Å². The molecular weight excluding hydrogens is 670 g/mol. The van der Waals surface area contributed by atoms with Gasteiger partial charge in [-0.2, -0.15) is 0 Å². The van der Waals surface area contributed by atoms with Crippen LogP contribution in [0.5, 0.6) is 0 Å². The van der Waals surface area contributed by atoms with Gasteiger partial charge in [0.15, 0.2) is 0 Å². The average Bonchev–Trinajstić information content (AvgIpc) is 3.71. The number of fused-ring (bicyclic) bond motifs is 8. The second-order valence-electron chi connectivity index (χ2n) is 12.7. The third kappa shape index (κ3) is 7.28. The Bertz CT molecular complexity index is 2020. The summed E-state index contributed by atoms with van der Waals surface area (Å²) in [5.74, 6) is -3.04. The Morgan fingerprint density at radius 3 is 2.31 bits per heavy atom. The Labute approximate surface area is 297 Å². The molecule has 0 unspecified atom stereocenters. The van der Waals surface area contributed by atoms with Crippen LogP contribution in [0.3, 0.4) is 0 Å². The Morgan fingerprint density at radius 1 is 0.980 bits per heavy atom. The molecule has 3 aromatic rings. The number of nitrogens with one attached hydrogen (secondary N) is 1. The van der Waals surface area contributed by atoms with Crippen LogP contribution in [0.15, 0.2) is 24.8 Å². The summed E-state index contributed by atoms with van der Waals surface area (Å²) in [5.41, 5.74) is 9.29. The Morgan fingerprint density at radius 2 is 1.67 bits per heavy atom. The zero-order valence-corrected chi connectivity index (χ0v) is 29.8. The van der Waals surface area contributed by atoms with E-state index >= 15 is 0 Å². The van der Waals surface area contributed by atoms with Crippen molar-refractivity contribution in [3.63, 3.8) is 0 Å². The Kier molecular flexibility index (Phi) is 11.7. The summed E-state index contributed by atoms with van der Waals surface area (Å²) in [4.78, 5) is 58.1. The third-order valence-corrected chi connectivity index (χ3v) is 9.65. The molecule has 0 aliphatic carbocycles. The minimum absolute atomic E-state index is 0. The third-order valence-electron chi connectivity index (χ3n) is 9.65. The van der Waals surface area contributed by atoms with Crippen molar-refractivity contribution in [2.45, 2.75) is 91.9 Å². The minimum Gasteiger partial charge on any atom is -0.657 e. The maximum atomic E-state index is 13.4. The topological polar surface area (TPSA) is 158 Å². The van der Waals surface area contributed by atoms with Crippen molar-refractivity contribution in [2.75, 3.05) is 6.54 Å². The van der Waals surface area contributed by atoms with E-state index in [1.54, 1.807) is 13.0 Å². The zero-order valence-electron chi connectivity index (χ0n) is 28.8. The zero-order chi connectivity index (χ0) is 34.9. The summed E-state index contributed by atoms with van der Waals surface area (Å²) in [7, 11) is 0. The molecule has 0 aromatic carbocycles. The molecule has 10 nitrogen and oxygen atoms in total. The molecule has 2 aliphatic heterocycles. The van der Waals surface area contributed by atoms with E-state index in [2.05, 4.69) is 11.9 Å². The number of carbonyl (C=O) groups excluding carboxylic acids is 1. The van der Waals surface area contributed by atoms with Crippen molar-refractivity contribution in [1.29, 1.82) is 0 Å². The summed E-state index contributed by atoms with van der Waals surface area (Å²) in [6.07, 6.45) is 4.15. The van der Waals surface area contributed by atoms with Gasteiger partial charge in [0, 0.05) is 41.8 Å². The van der Waals surface area contributed by atoms with Gasteiger partial charge in [0.1, 0.15) is 0 Å². The van der Waals surface area contributed by atoms with Crippen molar-refractivity contribution >= 4 is 57.1 Å². The van der Waals surface area contributed by atoms with Crippen LogP contribution in [-0.2, 0) is 33.1 Å². The predicted molar refractivity (Wildman–Crippen MR) is 188 cm³/mol. The molecule has 8 bridgehead atoms.